The molecule has 112 valence electrons. The number of benzene rings is 2. The number of nitrogens with zero attached hydrogens (tertiary/aromatic N) is 2. The van der Waals surface area contributed by atoms with Gasteiger partial charge in [-0.05, 0) is 18.2 Å². The van der Waals surface area contributed by atoms with Gasteiger partial charge in [-0.25, -0.2) is 0 Å². The first-order chi connectivity index (χ1) is 10.6. The molecule has 0 heterocycles. The maximum atomic E-state index is 12.5. The lowest BCUT2D eigenvalue weighted by Gasteiger charge is -2.28. The molecule has 0 spiro atoms. The third kappa shape index (κ3) is 3.03. The summed E-state index contributed by atoms with van der Waals surface area (Å²) < 4.78 is 0. The summed E-state index contributed by atoms with van der Waals surface area (Å²) in [6.07, 6.45) is 0.625. The van der Waals surface area contributed by atoms with Crippen molar-refractivity contribution in [2.75, 3.05) is 14.1 Å². The second kappa shape index (κ2) is 6.67. The number of aldehydes is 1. The Balaban J connectivity index is 2.23. The summed E-state index contributed by atoms with van der Waals surface area (Å²) in [4.78, 5) is 35.8. The molecule has 0 aromatic heterocycles. The van der Waals surface area contributed by atoms with E-state index in [4.69, 9.17) is 0 Å². The summed E-state index contributed by atoms with van der Waals surface area (Å²) in [7, 11) is 3.00. The van der Waals surface area contributed by atoms with Crippen LogP contribution in [-0.4, -0.2) is 42.2 Å². The van der Waals surface area contributed by atoms with Crippen LogP contribution < -0.4 is 0 Å². The van der Waals surface area contributed by atoms with Crippen molar-refractivity contribution in [1.29, 1.82) is 0 Å². The third-order valence-corrected chi connectivity index (χ3v) is 3.38. The van der Waals surface area contributed by atoms with Crippen molar-refractivity contribution in [2.45, 2.75) is 0 Å². The summed E-state index contributed by atoms with van der Waals surface area (Å²) in [5.74, 6) is -0.727. The van der Waals surface area contributed by atoms with Gasteiger partial charge >= 0.3 is 0 Å². The smallest absolute Gasteiger partial charge is 0.272 e. The number of hydrogen-bond acceptors (Lipinski definition) is 3. The van der Waals surface area contributed by atoms with Gasteiger partial charge in [0.25, 0.3) is 11.8 Å². The summed E-state index contributed by atoms with van der Waals surface area (Å²) in [6, 6.07) is 15.1. The van der Waals surface area contributed by atoms with Crippen LogP contribution in [0, 0.1) is 0 Å². The molecular formula is C17H16N2O3. The van der Waals surface area contributed by atoms with Crippen molar-refractivity contribution in [1.82, 2.24) is 10.0 Å². The molecule has 0 saturated carbocycles. The summed E-state index contributed by atoms with van der Waals surface area (Å²) >= 11 is 0. The molecule has 5 heteroatoms. The normalized spacial score (nSPS) is 9.91. The molecule has 2 rings (SSSR count). The fourth-order valence-corrected chi connectivity index (χ4v) is 2.01. The predicted molar refractivity (Wildman–Crippen MR) is 82.5 cm³/mol. The Morgan fingerprint density at radius 2 is 1.36 bits per heavy atom. The Morgan fingerprint density at radius 1 is 0.818 bits per heavy atom. The number of hydrazine groups is 1. The molecule has 0 atom stereocenters. The van der Waals surface area contributed by atoms with Crippen molar-refractivity contribution in [2.24, 2.45) is 0 Å². The number of carbonyl (C=O) groups is 3. The maximum Gasteiger partial charge on any atom is 0.272 e. The van der Waals surface area contributed by atoms with Crippen LogP contribution in [0.15, 0.2) is 54.6 Å². The second-order valence-electron chi connectivity index (χ2n) is 4.73. The second-order valence-corrected chi connectivity index (χ2v) is 4.73. The molecular weight excluding hydrogens is 280 g/mol. The van der Waals surface area contributed by atoms with E-state index in [1.54, 1.807) is 48.5 Å². The van der Waals surface area contributed by atoms with Crippen molar-refractivity contribution in [3.05, 3.63) is 71.3 Å². The van der Waals surface area contributed by atoms with E-state index in [-0.39, 0.29) is 11.5 Å². The molecule has 0 aliphatic carbocycles. The first-order valence-corrected chi connectivity index (χ1v) is 6.71. The van der Waals surface area contributed by atoms with Crippen LogP contribution >= 0.6 is 0 Å². The Bertz CT molecular complexity index is 698. The Hall–Kier alpha value is -2.95. The van der Waals surface area contributed by atoms with Crippen LogP contribution in [0.4, 0.5) is 0 Å². The van der Waals surface area contributed by atoms with E-state index in [2.05, 4.69) is 0 Å². The Labute approximate surface area is 128 Å². The van der Waals surface area contributed by atoms with Crippen LogP contribution in [0.25, 0.3) is 0 Å². The van der Waals surface area contributed by atoms with Gasteiger partial charge < -0.3 is 0 Å². The molecule has 2 aromatic carbocycles. The van der Waals surface area contributed by atoms with Crippen LogP contribution in [-0.2, 0) is 0 Å². The molecule has 0 N–H and O–H groups in total. The topological polar surface area (TPSA) is 57.7 Å². The molecule has 0 saturated heterocycles. The van der Waals surface area contributed by atoms with Crippen molar-refractivity contribution in [3.63, 3.8) is 0 Å². The number of hydrogen-bond donors (Lipinski definition) is 0. The van der Waals surface area contributed by atoms with Gasteiger partial charge in [0.15, 0.2) is 6.29 Å². The van der Waals surface area contributed by atoms with E-state index in [1.165, 1.54) is 24.1 Å². The number of rotatable bonds is 3. The highest BCUT2D eigenvalue weighted by Crippen LogP contribution is 2.12. The summed E-state index contributed by atoms with van der Waals surface area (Å²) in [6.45, 7) is 0. The first-order valence-electron chi connectivity index (χ1n) is 6.71. The SMILES string of the molecule is CN(C(=O)c1ccccc1)N(C)C(=O)c1ccccc1C=O. The van der Waals surface area contributed by atoms with E-state index in [1.807, 2.05) is 6.07 Å². The van der Waals surface area contributed by atoms with E-state index in [0.717, 1.165) is 0 Å². The molecule has 0 radical (unpaired) electrons. The fourth-order valence-electron chi connectivity index (χ4n) is 2.01. The molecule has 0 bridgehead atoms. The molecule has 2 amide bonds. The van der Waals surface area contributed by atoms with E-state index in [9.17, 15) is 14.4 Å². The largest absolute Gasteiger partial charge is 0.298 e. The van der Waals surface area contributed by atoms with E-state index in [0.29, 0.717) is 17.4 Å². The average Bonchev–Trinajstić information content (AvgIpc) is 2.59. The van der Waals surface area contributed by atoms with E-state index < -0.39 is 5.91 Å². The summed E-state index contributed by atoms with van der Waals surface area (Å²) in [5, 5.41) is 2.41. The molecule has 2 aromatic rings. The van der Waals surface area contributed by atoms with Crippen molar-refractivity contribution >= 4 is 18.1 Å². The van der Waals surface area contributed by atoms with Crippen molar-refractivity contribution in [3.8, 4) is 0 Å². The Kier molecular flexibility index (Phi) is 4.68. The lowest BCUT2D eigenvalue weighted by atomic mass is 10.1. The quantitative estimate of drug-likeness (QED) is 0.645. The van der Waals surface area contributed by atoms with Crippen LogP contribution in [0.3, 0.4) is 0 Å². The summed E-state index contributed by atoms with van der Waals surface area (Å²) in [5.41, 5.74) is 1.03. The number of carbonyl (C=O) groups excluding carboxylic acids is 3. The van der Waals surface area contributed by atoms with Gasteiger partial charge in [0.05, 0.1) is 5.56 Å². The van der Waals surface area contributed by atoms with Gasteiger partial charge in [-0.15, -0.1) is 0 Å². The minimum Gasteiger partial charge on any atom is -0.298 e. The molecule has 0 fully saturated rings. The molecule has 22 heavy (non-hydrogen) atoms. The van der Waals surface area contributed by atoms with Crippen LogP contribution in [0.1, 0.15) is 31.1 Å². The van der Waals surface area contributed by atoms with Gasteiger partial charge in [-0.3, -0.25) is 24.4 Å². The minimum atomic E-state index is -0.422. The first kappa shape index (κ1) is 15.4. The molecule has 5 nitrogen and oxygen atoms in total. The van der Waals surface area contributed by atoms with Crippen LogP contribution in [0.2, 0.25) is 0 Å². The zero-order valence-electron chi connectivity index (χ0n) is 12.4. The minimum absolute atomic E-state index is 0.257. The van der Waals surface area contributed by atoms with Gasteiger partial charge in [0.2, 0.25) is 0 Å². The van der Waals surface area contributed by atoms with Crippen molar-refractivity contribution < 1.29 is 14.4 Å². The molecule has 0 unspecified atom stereocenters. The highest BCUT2D eigenvalue weighted by atomic mass is 16.2. The predicted octanol–water partition coefficient (Wildman–Crippen LogP) is 2.26. The van der Waals surface area contributed by atoms with Gasteiger partial charge in [-0.1, -0.05) is 36.4 Å². The van der Waals surface area contributed by atoms with Gasteiger partial charge in [-0.2, -0.15) is 0 Å². The highest BCUT2D eigenvalue weighted by Gasteiger charge is 2.22. The van der Waals surface area contributed by atoms with Gasteiger partial charge in [0.1, 0.15) is 0 Å². The molecule has 0 aliphatic rings. The monoisotopic (exact) mass is 296 g/mol. The lowest BCUT2D eigenvalue weighted by molar-refractivity contribution is 0.0185. The molecule has 0 aliphatic heterocycles. The zero-order valence-corrected chi connectivity index (χ0v) is 12.4. The average molecular weight is 296 g/mol. The zero-order chi connectivity index (χ0) is 16.1. The fraction of sp³-hybridized carbons (Fsp3) is 0.118. The standard InChI is InChI=1S/C17H16N2O3/c1-18(16(21)13-8-4-3-5-9-13)19(2)17(22)15-11-7-6-10-14(15)12-20/h3-12H,1-2H3. The van der Waals surface area contributed by atoms with Crippen LogP contribution in [0.5, 0.6) is 0 Å². The number of amides is 2. The van der Waals surface area contributed by atoms with Gasteiger partial charge in [0, 0.05) is 25.2 Å². The maximum absolute atomic E-state index is 12.5. The third-order valence-electron chi connectivity index (χ3n) is 3.38. The Morgan fingerprint density at radius 3 is 2.00 bits per heavy atom. The lowest BCUT2D eigenvalue weighted by Crippen LogP contribution is -2.45. The highest BCUT2D eigenvalue weighted by molar-refractivity contribution is 6.03. The van der Waals surface area contributed by atoms with E-state index >= 15 is 0 Å².